The van der Waals surface area contributed by atoms with Gasteiger partial charge in [0.1, 0.15) is 34.4 Å². The maximum absolute atomic E-state index is 9.47. The summed E-state index contributed by atoms with van der Waals surface area (Å²) in [6.45, 7) is 0.272. The Balaban J connectivity index is 1.48. The van der Waals surface area contributed by atoms with Gasteiger partial charge in [-0.15, -0.1) is 0 Å². The fraction of sp³-hybridized carbons (Fsp3) is 0.280. The molecule has 1 aliphatic carbocycles. The molecule has 0 unspecified atom stereocenters. The van der Waals surface area contributed by atoms with Crippen LogP contribution in [0.3, 0.4) is 0 Å². The number of nitrogen functional groups attached to an aromatic ring is 1. The molecule has 5 rings (SSSR count). The van der Waals surface area contributed by atoms with Crippen molar-refractivity contribution in [3.8, 4) is 22.8 Å². The fourth-order valence-corrected chi connectivity index (χ4v) is 4.49. The number of anilines is 1. The number of aliphatic hydroxyl groups excluding tert-OH is 1. The van der Waals surface area contributed by atoms with Gasteiger partial charge in [-0.2, -0.15) is 0 Å². The molecule has 1 fully saturated rings. The summed E-state index contributed by atoms with van der Waals surface area (Å²) in [6.07, 6.45) is 7.77. The van der Waals surface area contributed by atoms with Gasteiger partial charge in [-0.1, -0.05) is 18.2 Å². The first-order valence-corrected chi connectivity index (χ1v) is 10.8. The zero-order valence-electron chi connectivity index (χ0n) is 17.3. The molecule has 6 heteroatoms. The molecule has 3 N–H and O–H groups in total. The summed E-state index contributed by atoms with van der Waals surface area (Å²) >= 11 is 0. The Morgan fingerprint density at radius 3 is 2.39 bits per heavy atom. The Kier molecular flexibility index (Phi) is 5.30. The molecule has 31 heavy (non-hydrogen) atoms. The van der Waals surface area contributed by atoms with Crippen LogP contribution in [-0.4, -0.2) is 26.1 Å². The van der Waals surface area contributed by atoms with Crippen LogP contribution in [-0.2, 0) is 0 Å². The van der Waals surface area contributed by atoms with Crippen molar-refractivity contribution in [3.05, 3.63) is 72.8 Å². The van der Waals surface area contributed by atoms with Crippen molar-refractivity contribution in [3.63, 3.8) is 0 Å². The van der Waals surface area contributed by atoms with Crippen molar-refractivity contribution in [2.75, 3.05) is 12.3 Å². The standard InChI is InChI=1S/C25H26N4O2/c26-24-23-22(18-10-12-21(13-11-18)31-20-4-2-1-3-5-20)28-25(29(23)15-14-27-24)19-8-6-17(16-30)7-9-19/h1-5,10-15,17,19,30H,6-9,16H2,(H2,26,27)/t17-,19-. The Labute approximate surface area is 181 Å². The molecular weight excluding hydrogens is 388 g/mol. The van der Waals surface area contributed by atoms with Crippen LogP contribution in [0.1, 0.15) is 37.4 Å². The van der Waals surface area contributed by atoms with E-state index < -0.39 is 0 Å². The van der Waals surface area contributed by atoms with Crippen LogP contribution in [0.25, 0.3) is 16.8 Å². The summed E-state index contributed by atoms with van der Waals surface area (Å²) in [5.41, 5.74) is 8.95. The smallest absolute Gasteiger partial charge is 0.150 e. The molecular formula is C25H26N4O2. The quantitative estimate of drug-likeness (QED) is 0.478. The predicted octanol–water partition coefficient (Wildman–Crippen LogP) is 5.04. The number of aromatic nitrogens is 3. The minimum absolute atomic E-state index is 0.272. The van der Waals surface area contributed by atoms with Crippen LogP contribution < -0.4 is 10.5 Å². The molecule has 1 saturated carbocycles. The predicted molar refractivity (Wildman–Crippen MR) is 121 cm³/mol. The molecule has 158 valence electrons. The number of nitrogens with two attached hydrogens (primary N) is 1. The summed E-state index contributed by atoms with van der Waals surface area (Å²) in [7, 11) is 0. The molecule has 0 atom stereocenters. The molecule has 2 aromatic heterocycles. The zero-order chi connectivity index (χ0) is 21.2. The van der Waals surface area contributed by atoms with Crippen LogP contribution in [0.5, 0.6) is 11.5 Å². The first kappa shape index (κ1) is 19.6. The maximum Gasteiger partial charge on any atom is 0.150 e. The molecule has 6 nitrogen and oxygen atoms in total. The Morgan fingerprint density at radius 2 is 1.68 bits per heavy atom. The van der Waals surface area contributed by atoms with Gasteiger partial charge in [0.25, 0.3) is 0 Å². The Hall–Kier alpha value is -3.38. The monoisotopic (exact) mass is 414 g/mol. The minimum Gasteiger partial charge on any atom is -0.457 e. The van der Waals surface area contributed by atoms with Gasteiger partial charge in [-0.05, 0) is 68.0 Å². The third-order valence-corrected chi connectivity index (χ3v) is 6.19. The van der Waals surface area contributed by atoms with Gasteiger partial charge in [0, 0.05) is 30.5 Å². The van der Waals surface area contributed by atoms with Crippen LogP contribution in [0.15, 0.2) is 67.0 Å². The van der Waals surface area contributed by atoms with Gasteiger partial charge in [-0.3, -0.25) is 4.40 Å². The highest BCUT2D eigenvalue weighted by molar-refractivity contribution is 5.85. The number of rotatable bonds is 5. The summed E-state index contributed by atoms with van der Waals surface area (Å²) in [5.74, 6) is 3.84. The SMILES string of the molecule is Nc1nccn2c1c(-c1ccc(Oc3ccccc3)cc1)nc2[C@H]1CC[C@H](CO)CC1. The number of para-hydroxylation sites is 1. The third-order valence-electron chi connectivity index (χ3n) is 6.19. The fourth-order valence-electron chi connectivity index (χ4n) is 4.49. The van der Waals surface area contributed by atoms with E-state index in [0.29, 0.717) is 17.7 Å². The Morgan fingerprint density at radius 1 is 0.968 bits per heavy atom. The van der Waals surface area contributed by atoms with Crippen molar-refractivity contribution in [1.29, 1.82) is 0 Å². The van der Waals surface area contributed by atoms with Gasteiger partial charge in [0.05, 0.1) is 0 Å². The van der Waals surface area contributed by atoms with E-state index in [4.69, 9.17) is 15.5 Å². The number of ether oxygens (including phenoxy) is 1. The van der Waals surface area contributed by atoms with E-state index in [9.17, 15) is 5.11 Å². The maximum atomic E-state index is 9.47. The molecule has 0 saturated heterocycles. The lowest BCUT2D eigenvalue weighted by atomic mass is 9.82. The van der Waals surface area contributed by atoms with Crippen molar-refractivity contribution in [2.45, 2.75) is 31.6 Å². The third kappa shape index (κ3) is 3.86. The average molecular weight is 415 g/mol. The first-order chi connectivity index (χ1) is 15.2. The Bertz CT molecular complexity index is 1160. The summed E-state index contributed by atoms with van der Waals surface area (Å²) in [5, 5.41) is 9.47. The largest absolute Gasteiger partial charge is 0.457 e. The molecule has 2 heterocycles. The van der Waals surface area contributed by atoms with Crippen molar-refractivity contribution in [2.24, 2.45) is 5.92 Å². The van der Waals surface area contributed by atoms with E-state index in [1.54, 1.807) is 6.20 Å². The average Bonchev–Trinajstić information content (AvgIpc) is 3.21. The first-order valence-electron chi connectivity index (χ1n) is 10.8. The van der Waals surface area contributed by atoms with Gasteiger partial charge >= 0.3 is 0 Å². The van der Waals surface area contributed by atoms with Gasteiger partial charge in [0.15, 0.2) is 0 Å². The molecule has 4 aromatic rings. The molecule has 0 radical (unpaired) electrons. The van der Waals surface area contributed by atoms with E-state index in [0.717, 1.165) is 59.8 Å². The van der Waals surface area contributed by atoms with Crippen LogP contribution in [0.4, 0.5) is 5.82 Å². The van der Waals surface area contributed by atoms with Crippen molar-refractivity contribution in [1.82, 2.24) is 14.4 Å². The van der Waals surface area contributed by atoms with Crippen LogP contribution >= 0.6 is 0 Å². The molecule has 0 spiro atoms. The van der Waals surface area contributed by atoms with Crippen molar-refractivity contribution >= 4 is 11.3 Å². The number of nitrogens with zero attached hydrogens (tertiary/aromatic N) is 3. The van der Waals surface area contributed by atoms with Crippen LogP contribution in [0, 0.1) is 5.92 Å². The molecule has 0 aliphatic heterocycles. The second-order valence-corrected chi connectivity index (χ2v) is 8.19. The second-order valence-electron chi connectivity index (χ2n) is 8.19. The molecule has 0 amide bonds. The van der Waals surface area contributed by atoms with E-state index in [1.165, 1.54) is 0 Å². The summed E-state index contributed by atoms with van der Waals surface area (Å²) in [4.78, 5) is 9.36. The number of hydrogen-bond acceptors (Lipinski definition) is 5. The van der Waals surface area contributed by atoms with E-state index in [2.05, 4.69) is 9.38 Å². The van der Waals surface area contributed by atoms with Crippen molar-refractivity contribution < 1.29 is 9.84 Å². The number of benzene rings is 2. The molecule has 1 aliphatic rings. The lowest BCUT2D eigenvalue weighted by Crippen LogP contribution is -2.17. The number of fused-ring (bicyclic) bond motifs is 1. The van der Waals surface area contributed by atoms with Gasteiger partial charge in [0.2, 0.25) is 0 Å². The van der Waals surface area contributed by atoms with E-state index >= 15 is 0 Å². The number of hydrogen-bond donors (Lipinski definition) is 2. The van der Waals surface area contributed by atoms with Gasteiger partial charge < -0.3 is 15.6 Å². The normalized spacial score (nSPS) is 18.9. The highest BCUT2D eigenvalue weighted by Gasteiger charge is 2.27. The second kappa shape index (κ2) is 8.40. The molecule has 2 aromatic carbocycles. The highest BCUT2D eigenvalue weighted by Crippen LogP contribution is 2.38. The van der Waals surface area contributed by atoms with E-state index in [1.807, 2.05) is 60.8 Å². The van der Waals surface area contributed by atoms with E-state index in [-0.39, 0.29) is 6.61 Å². The minimum atomic E-state index is 0.272. The van der Waals surface area contributed by atoms with Gasteiger partial charge in [-0.25, -0.2) is 9.97 Å². The molecule has 0 bridgehead atoms. The summed E-state index contributed by atoms with van der Waals surface area (Å²) in [6, 6.07) is 17.7. The topological polar surface area (TPSA) is 85.7 Å². The number of aliphatic hydroxyl groups is 1. The van der Waals surface area contributed by atoms with Crippen LogP contribution in [0.2, 0.25) is 0 Å². The number of imidazole rings is 1. The lowest BCUT2D eigenvalue weighted by molar-refractivity contribution is 0.181. The summed E-state index contributed by atoms with van der Waals surface area (Å²) < 4.78 is 8.01. The zero-order valence-corrected chi connectivity index (χ0v) is 17.3. The highest BCUT2D eigenvalue weighted by atomic mass is 16.5. The lowest BCUT2D eigenvalue weighted by Gasteiger charge is -2.26.